The fourth-order valence-electron chi connectivity index (χ4n) is 1.31. The Labute approximate surface area is 152 Å². The maximum absolute atomic E-state index is 6.33. The maximum Gasteiger partial charge on any atom is 0.640 e. The molecule has 0 atom stereocenters. The molecule has 0 bridgehead atoms. The zero-order valence-electron chi connectivity index (χ0n) is 13.6. The van der Waals surface area contributed by atoms with Gasteiger partial charge in [-0.2, -0.15) is 0 Å². The van der Waals surface area contributed by atoms with Crippen LogP contribution in [0.25, 0.3) is 0 Å². The first-order chi connectivity index (χ1) is 8.83. The summed E-state index contributed by atoms with van der Waals surface area (Å²) >= 11 is 25.3. The van der Waals surface area contributed by atoms with Gasteiger partial charge < -0.3 is 16.5 Å². The van der Waals surface area contributed by atoms with Gasteiger partial charge in [0.25, 0.3) is 30.5 Å². The first-order valence-electron chi connectivity index (χ1n) is 6.39. The Morgan fingerprint density at radius 2 is 0.571 bits per heavy atom. The maximum atomic E-state index is 6.33. The number of hydrogen-bond donors (Lipinski definition) is 0. The van der Waals surface area contributed by atoms with E-state index in [1.54, 1.807) is 52.4 Å². The van der Waals surface area contributed by atoms with Gasteiger partial charge in [-0.25, -0.2) is 0 Å². The van der Waals surface area contributed by atoms with Crippen LogP contribution in [0.5, 0.6) is 0 Å². The molecule has 0 aliphatic carbocycles. The zero-order chi connectivity index (χ0) is 17.3. The summed E-state index contributed by atoms with van der Waals surface area (Å²) in [6.07, 6.45) is 0. The minimum atomic E-state index is -3.62. The molecule has 0 aliphatic rings. The molecule has 0 heterocycles. The van der Waals surface area contributed by atoms with Crippen LogP contribution in [0.3, 0.4) is 0 Å². The van der Waals surface area contributed by atoms with Gasteiger partial charge in [0.2, 0.25) is 0 Å². The van der Waals surface area contributed by atoms with Crippen LogP contribution in [-0.4, -0.2) is 39.6 Å². The third-order valence-corrected chi connectivity index (χ3v) is 16.0. The van der Waals surface area contributed by atoms with Crippen LogP contribution in [-0.2, 0) is 16.5 Å². The second-order valence-electron chi connectivity index (χ2n) is 6.36. The molecule has 0 unspecified atom stereocenters. The molecule has 0 rings (SSSR count). The Kier molecular flexibility index (Phi) is 8.29. The van der Waals surface area contributed by atoms with Crippen molar-refractivity contribution in [2.45, 2.75) is 52.4 Å². The Morgan fingerprint density at radius 3 is 0.667 bits per heavy atom. The normalized spacial score (nSPS) is 15.4. The monoisotopic (exact) mass is 464 g/mol. The van der Waals surface area contributed by atoms with Gasteiger partial charge in [0.05, 0.1) is 0 Å². The lowest BCUT2D eigenvalue weighted by Gasteiger charge is -2.40. The van der Waals surface area contributed by atoms with Crippen LogP contribution in [0.2, 0.25) is 52.4 Å². The average molecular weight is 467 g/mol. The fraction of sp³-hybridized carbons (Fsp3) is 1.00. The summed E-state index contributed by atoms with van der Waals surface area (Å²) in [5.74, 6) is 0. The molecule has 0 saturated carbocycles. The molecule has 0 amide bonds. The SMILES string of the molecule is C[Si](C)(Cl)O[Si](O[Si](C)(C)Cl)(O[Si](C)(C)Cl)O[Si](C)(C)Cl. The molecule has 0 aromatic heterocycles. The Morgan fingerprint density at radius 1 is 0.429 bits per heavy atom. The van der Waals surface area contributed by atoms with E-state index >= 15 is 0 Å². The van der Waals surface area contributed by atoms with E-state index in [0.29, 0.717) is 0 Å². The molecule has 0 radical (unpaired) electrons. The third kappa shape index (κ3) is 13.1. The van der Waals surface area contributed by atoms with Crippen LogP contribution in [0.1, 0.15) is 0 Å². The van der Waals surface area contributed by atoms with E-state index < -0.39 is 39.6 Å². The lowest BCUT2D eigenvalue weighted by atomic mass is 11.9. The summed E-state index contributed by atoms with van der Waals surface area (Å²) in [4.78, 5) is 0. The van der Waals surface area contributed by atoms with Crippen LogP contribution < -0.4 is 0 Å². The quantitative estimate of drug-likeness (QED) is 0.362. The van der Waals surface area contributed by atoms with Crippen LogP contribution in [0, 0.1) is 0 Å². The second-order valence-corrected chi connectivity index (χ2v) is 32.5. The standard InChI is InChI=1S/C8H24Cl4O4Si5/c1-17(2,9)13-21(14-18(3,4)10,15-19(5,6)11)16-20(7,8)12/h1-8H3. The molecule has 0 saturated heterocycles. The molecular formula is C8H24Cl4O4Si5. The van der Waals surface area contributed by atoms with E-state index in [2.05, 4.69) is 0 Å². The van der Waals surface area contributed by atoms with Crippen molar-refractivity contribution < 1.29 is 16.5 Å². The zero-order valence-corrected chi connectivity index (χ0v) is 21.7. The molecule has 0 spiro atoms. The van der Waals surface area contributed by atoms with E-state index in [-0.39, 0.29) is 0 Å². The van der Waals surface area contributed by atoms with E-state index in [1.807, 2.05) is 0 Å². The van der Waals surface area contributed by atoms with Gasteiger partial charge in [-0.1, -0.05) is 0 Å². The number of halogens is 4. The van der Waals surface area contributed by atoms with Gasteiger partial charge in [-0.15, -0.1) is 44.3 Å². The first kappa shape index (κ1) is 23.1. The molecule has 13 heteroatoms. The second kappa shape index (κ2) is 7.54. The van der Waals surface area contributed by atoms with E-state index in [4.69, 9.17) is 60.8 Å². The predicted octanol–water partition coefficient (Wildman–Crippen LogP) is 5.25. The molecule has 4 nitrogen and oxygen atoms in total. The molecule has 0 aliphatic heterocycles. The van der Waals surface area contributed by atoms with Crippen molar-refractivity contribution in [3.63, 3.8) is 0 Å². The van der Waals surface area contributed by atoms with Gasteiger partial charge >= 0.3 is 9.05 Å². The van der Waals surface area contributed by atoms with Crippen molar-refractivity contribution in [3.8, 4) is 0 Å². The van der Waals surface area contributed by atoms with Crippen molar-refractivity contribution in [2.24, 2.45) is 0 Å². The van der Waals surface area contributed by atoms with Crippen molar-refractivity contribution in [3.05, 3.63) is 0 Å². The minimum Gasteiger partial charge on any atom is -0.381 e. The molecule has 21 heavy (non-hydrogen) atoms. The van der Waals surface area contributed by atoms with Crippen molar-refractivity contribution in [2.75, 3.05) is 0 Å². The molecule has 0 N–H and O–H groups in total. The molecule has 128 valence electrons. The topological polar surface area (TPSA) is 36.9 Å². The molecule has 0 fully saturated rings. The Bertz CT molecular complexity index is 277. The molecule has 0 aromatic carbocycles. The van der Waals surface area contributed by atoms with Crippen molar-refractivity contribution >= 4 is 83.9 Å². The third-order valence-electron chi connectivity index (χ3n) is 1.47. The van der Waals surface area contributed by atoms with Crippen molar-refractivity contribution in [1.29, 1.82) is 0 Å². The highest BCUT2D eigenvalue weighted by Gasteiger charge is 2.58. The summed E-state index contributed by atoms with van der Waals surface area (Å²) in [5, 5.41) is 0. The van der Waals surface area contributed by atoms with Gasteiger partial charge in [0.1, 0.15) is 0 Å². The van der Waals surface area contributed by atoms with Gasteiger partial charge in [0, 0.05) is 0 Å². The lowest BCUT2D eigenvalue weighted by molar-refractivity contribution is 0.158. The van der Waals surface area contributed by atoms with Gasteiger partial charge in [-0.3, -0.25) is 0 Å². The smallest absolute Gasteiger partial charge is 0.381 e. The largest absolute Gasteiger partial charge is 0.640 e. The average Bonchev–Trinajstić information content (AvgIpc) is 1.83. The molecular weight excluding hydrogens is 442 g/mol. The van der Waals surface area contributed by atoms with E-state index in [0.717, 1.165) is 0 Å². The first-order valence-corrected chi connectivity index (χ1v) is 23.7. The number of hydrogen-bond acceptors (Lipinski definition) is 4. The highest BCUT2D eigenvalue weighted by Crippen LogP contribution is 2.33. The van der Waals surface area contributed by atoms with Crippen molar-refractivity contribution in [1.82, 2.24) is 0 Å². The van der Waals surface area contributed by atoms with E-state index in [1.165, 1.54) is 0 Å². The fourth-order valence-corrected chi connectivity index (χ4v) is 17.5. The highest BCUT2D eigenvalue weighted by atomic mass is 35.6. The predicted molar refractivity (Wildman–Crippen MR) is 103 cm³/mol. The minimum absolute atomic E-state index is 1.81. The van der Waals surface area contributed by atoms with Gasteiger partial charge in [0.15, 0.2) is 0 Å². The summed E-state index contributed by atoms with van der Waals surface area (Å²) in [6, 6.07) is 0. The van der Waals surface area contributed by atoms with E-state index in [9.17, 15) is 0 Å². The van der Waals surface area contributed by atoms with Crippen LogP contribution in [0.4, 0.5) is 0 Å². The highest BCUT2D eigenvalue weighted by molar-refractivity contribution is 7.23. The molecule has 0 aromatic rings. The summed E-state index contributed by atoms with van der Waals surface area (Å²) < 4.78 is 23.9. The lowest BCUT2D eigenvalue weighted by Crippen LogP contribution is -2.64. The Balaban J connectivity index is 5.70. The number of rotatable bonds is 8. The van der Waals surface area contributed by atoms with Gasteiger partial charge in [-0.05, 0) is 52.4 Å². The van der Waals surface area contributed by atoms with Crippen LogP contribution >= 0.6 is 44.3 Å². The summed E-state index contributed by atoms with van der Waals surface area (Å²) in [5.41, 5.74) is 0. The van der Waals surface area contributed by atoms with Crippen LogP contribution in [0.15, 0.2) is 0 Å². The summed E-state index contributed by atoms with van der Waals surface area (Å²) in [6.45, 7) is 14.5. The summed E-state index contributed by atoms with van der Waals surface area (Å²) in [7, 11) is -13.8. The Hall–Kier alpha value is 2.08.